The number of rotatable bonds is 7. The molecule has 1 heterocycles. The Balaban J connectivity index is 1.58. The number of hydrogen-bond donors (Lipinski definition) is 7. The van der Waals surface area contributed by atoms with E-state index in [2.05, 4.69) is 21.3 Å². The summed E-state index contributed by atoms with van der Waals surface area (Å²) in [4.78, 5) is 64.9. The zero-order chi connectivity index (χ0) is 31.6. The molecule has 4 rings (SSSR count). The SMILES string of the molecule is NC(=O)[C@@H]1CCC(=O)NCCCC(NC(=O)[C@@H](N)Cc2ccc(O)cc2)C(=O)NC(Cc2cccc3ccccc23)C(=O)N1. The normalized spacial score (nSPS) is 20.8. The van der Waals surface area contributed by atoms with E-state index in [1.54, 1.807) is 12.1 Å². The number of fused-ring (bicyclic) bond motifs is 1. The van der Waals surface area contributed by atoms with Crippen LogP contribution >= 0.6 is 0 Å². The predicted molar refractivity (Wildman–Crippen MR) is 164 cm³/mol. The maximum Gasteiger partial charge on any atom is 0.243 e. The van der Waals surface area contributed by atoms with Crippen LogP contribution in [0.15, 0.2) is 66.7 Å². The minimum atomic E-state index is -1.13. The zero-order valence-electron chi connectivity index (χ0n) is 24.3. The highest BCUT2D eigenvalue weighted by atomic mass is 16.3. The van der Waals surface area contributed by atoms with Gasteiger partial charge < -0.3 is 37.8 Å². The monoisotopic (exact) mass is 602 g/mol. The first-order chi connectivity index (χ1) is 21.1. The molecule has 0 aromatic heterocycles. The molecule has 232 valence electrons. The van der Waals surface area contributed by atoms with Crippen molar-refractivity contribution < 1.29 is 29.1 Å². The molecular formula is C32H38N6O6. The van der Waals surface area contributed by atoms with Crippen LogP contribution in [0.5, 0.6) is 5.75 Å². The van der Waals surface area contributed by atoms with Gasteiger partial charge in [-0.25, -0.2) is 0 Å². The van der Waals surface area contributed by atoms with Crippen LogP contribution < -0.4 is 32.7 Å². The van der Waals surface area contributed by atoms with Gasteiger partial charge in [-0.1, -0.05) is 54.6 Å². The molecule has 3 aromatic carbocycles. The Labute approximate surface area is 254 Å². The molecule has 5 amide bonds. The van der Waals surface area contributed by atoms with E-state index >= 15 is 0 Å². The average Bonchev–Trinajstić information content (AvgIpc) is 3.00. The number of carbonyl (C=O) groups is 5. The summed E-state index contributed by atoms with van der Waals surface area (Å²) in [5.74, 6) is -2.90. The lowest BCUT2D eigenvalue weighted by molar-refractivity contribution is -0.134. The minimum Gasteiger partial charge on any atom is -0.508 e. The fourth-order valence-electron chi connectivity index (χ4n) is 5.15. The van der Waals surface area contributed by atoms with Crippen LogP contribution in [0.25, 0.3) is 10.8 Å². The van der Waals surface area contributed by atoms with Gasteiger partial charge in [0.05, 0.1) is 6.04 Å². The van der Waals surface area contributed by atoms with Gasteiger partial charge in [0.2, 0.25) is 29.5 Å². The minimum absolute atomic E-state index is 0.000553. The van der Waals surface area contributed by atoms with Crippen LogP contribution in [0.4, 0.5) is 0 Å². The van der Waals surface area contributed by atoms with Crippen molar-refractivity contribution in [2.75, 3.05) is 6.54 Å². The van der Waals surface area contributed by atoms with Crippen LogP contribution in [-0.2, 0) is 36.8 Å². The van der Waals surface area contributed by atoms with Crippen LogP contribution in [-0.4, -0.2) is 65.4 Å². The first-order valence-corrected chi connectivity index (χ1v) is 14.6. The Morgan fingerprint density at radius 2 is 1.66 bits per heavy atom. The Morgan fingerprint density at radius 1 is 0.932 bits per heavy atom. The number of primary amides is 1. The third-order valence-electron chi connectivity index (χ3n) is 7.61. The van der Waals surface area contributed by atoms with Gasteiger partial charge in [-0.05, 0) is 59.7 Å². The summed E-state index contributed by atoms with van der Waals surface area (Å²) in [5.41, 5.74) is 13.2. The van der Waals surface area contributed by atoms with Crippen LogP contribution in [0.1, 0.15) is 36.8 Å². The first-order valence-electron chi connectivity index (χ1n) is 14.6. The summed E-state index contributed by atoms with van der Waals surface area (Å²) in [6, 6.07) is 15.2. The maximum absolute atomic E-state index is 13.7. The molecule has 0 bridgehead atoms. The Bertz CT molecular complexity index is 1510. The molecular weight excluding hydrogens is 564 g/mol. The number of hydrogen-bond acceptors (Lipinski definition) is 7. The molecule has 4 atom stereocenters. The van der Waals surface area contributed by atoms with Gasteiger partial charge in [0.1, 0.15) is 23.9 Å². The number of nitrogens with one attached hydrogen (secondary N) is 4. The Hall–Kier alpha value is -4.97. The highest BCUT2D eigenvalue weighted by Gasteiger charge is 2.31. The number of benzene rings is 3. The number of carbonyl (C=O) groups excluding carboxylic acids is 5. The highest BCUT2D eigenvalue weighted by molar-refractivity contribution is 5.95. The zero-order valence-corrected chi connectivity index (χ0v) is 24.3. The number of nitrogens with two attached hydrogens (primary N) is 2. The molecule has 0 saturated carbocycles. The summed E-state index contributed by atoms with van der Waals surface area (Å²) in [6.07, 6.45) is 0.718. The Morgan fingerprint density at radius 3 is 2.41 bits per heavy atom. The van der Waals surface area contributed by atoms with Crippen molar-refractivity contribution in [2.24, 2.45) is 11.5 Å². The highest BCUT2D eigenvalue weighted by Crippen LogP contribution is 2.20. The van der Waals surface area contributed by atoms with Crippen molar-refractivity contribution >= 4 is 40.3 Å². The molecule has 1 fully saturated rings. The van der Waals surface area contributed by atoms with Crippen LogP contribution in [0.3, 0.4) is 0 Å². The van der Waals surface area contributed by atoms with E-state index < -0.39 is 47.8 Å². The van der Waals surface area contributed by atoms with E-state index in [0.29, 0.717) is 6.42 Å². The fraction of sp³-hybridized carbons (Fsp3) is 0.344. The fourth-order valence-corrected chi connectivity index (χ4v) is 5.15. The number of aromatic hydroxyl groups is 1. The first kappa shape index (κ1) is 32.0. The van der Waals surface area contributed by atoms with Gasteiger partial charge in [0.15, 0.2) is 0 Å². The van der Waals surface area contributed by atoms with E-state index in [1.807, 2.05) is 42.5 Å². The second-order valence-electron chi connectivity index (χ2n) is 10.9. The lowest BCUT2D eigenvalue weighted by atomic mass is 9.97. The third kappa shape index (κ3) is 8.77. The van der Waals surface area contributed by atoms with Gasteiger partial charge in [-0.2, -0.15) is 0 Å². The lowest BCUT2D eigenvalue weighted by Crippen LogP contribution is -2.58. The molecule has 0 spiro atoms. The molecule has 12 nitrogen and oxygen atoms in total. The van der Waals surface area contributed by atoms with E-state index in [1.165, 1.54) is 12.1 Å². The van der Waals surface area contributed by atoms with Crippen LogP contribution in [0, 0.1) is 0 Å². The average molecular weight is 603 g/mol. The number of amides is 5. The maximum atomic E-state index is 13.7. The molecule has 2 unspecified atom stereocenters. The van der Waals surface area contributed by atoms with E-state index in [0.717, 1.165) is 21.9 Å². The summed E-state index contributed by atoms with van der Waals surface area (Å²) in [5, 5.41) is 22.2. The van der Waals surface area contributed by atoms with Crippen LogP contribution in [0.2, 0.25) is 0 Å². The standard InChI is InChI=1S/C32H38N6O6/c33-24(17-19-10-12-22(39)13-11-19)30(42)37-26-9-4-16-35-28(40)15-14-25(29(34)41)36-32(44)27(38-31(26)43)18-21-7-3-6-20-5-1-2-8-23(20)21/h1-3,5-8,10-13,24-27,39H,4,9,14-18,33H2,(H2,34,41)(H,35,40)(H,36,44)(H,37,42)(H,38,43)/t24-,25-,26?,27?/m0/s1. The Kier molecular flexibility index (Phi) is 10.9. The van der Waals surface area contributed by atoms with Crippen molar-refractivity contribution in [3.63, 3.8) is 0 Å². The molecule has 12 heteroatoms. The molecule has 1 aliphatic rings. The summed E-state index contributed by atoms with van der Waals surface area (Å²) in [6.45, 7) is 0.227. The van der Waals surface area contributed by atoms with Gasteiger partial charge in [-0.15, -0.1) is 0 Å². The van der Waals surface area contributed by atoms with Crippen molar-refractivity contribution in [1.82, 2.24) is 21.3 Å². The molecule has 1 aliphatic heterocycles. The predicted octanol–water partition coefficient (Wildman–Crippen LogP) is 0.288. The molecule has 3 aromatic rings. The third-order valence-corrected chi connectivity index (χ3v) is 7.61. The second kappa shape index (κ2) is 15.0. The molecule has 0 aliphatic carbocycles. The molecule has 1 saturated heterocycles. The molecule has 44 heavy (non-hydrogen) atoms. The number of phenols is 1. The van der Waals surface area contributed by atoms with Crippen molar-refractivity contribution in [2.45, 2.75) is 62.7 Å². The second-order valence-corrected chi connectivity index (χ2v) is 10.9. The smallest absolute Gasteiger partial charge is 0.243 e. The summed E-state index contributed by atoms with van der Waals surface area (Å²) >= 11 is 0. The van der Waals surface area contributed by atoms with Gasteiger partial charge in [-0.3, -0.25) is 24.0 Å². The largest absolute Gasteiger partial charge is 0.508 e. The quantitative estimate of drug-likeness (QED) is 0.201. The molecule has 9 N–H and O–H groups in total. The van der Waals surface area contributed by atoms with E-state index in [9.17, 15) is 29.1 Å². The van der Waals surface area contributed by atoms with E-state index in [4.69, 9.17) is 11.5 Å². The summed E-state index contributed by atoms with van der Waals surface area (Å²) < 4.78 is 0. The van der Waals surface area contributed by atoms with Gasteiger partial charge >= 0.3 is 0 Å². The van der Waals surface area contributed by atoms with Gasteiger partial charge in [0, 0.05) is 19.4 Å². The van der Waals surface area contributed by atoms with Crippen molar-refractivity contribution in [1.29, 1.82) is 0 Å². The van der Waals surface area contributed by atoms with Gasteiger partial charge in [0.25, 0.3) is 0 Å². The van der Waals surface area contributed by atoms with Crippen molar-refractivity contribution in [3.05, 3.63) is 77.9 Å². The number of phenolic OH excluding ortho intramolecular Hbond substituents is 1. The molecule has 0 radical (unpaired) electrons. The topological polar surface area (TPSA) is 206 Å². The lowest BCUT2D eigenvalue weighted by Gasteiger charge is -2.26. The van der Waals surface area contributed by atoms with E-state index in [-0.39, 0.29) is 50.3 Å². The van der Waals surface area contributed by atoms with Crippen molar-refractivity contribution in [3.8, 4) is 5.75 Å². The summed E-state index contributed by atoms with van der Waals surface area (Å²) in [7, 11) is 0.